The van der Waals surface area contributed by atoms with Crippen molar-refractivity contribution in [2.24, 2.45) is 11.3 Å². The maximum absolute atomic E-state index is 12.9. The van der Waals surface area contributed by atoms with Crippen molar-refractivity contribution in [1.82, 2.24) is 4.31 Å². The molecule has 2 aliphatic rings. The van der Waals surface area contributed by atoms with Crippen molar-refractivity contribution in [3.05, 3.63) is 23.2 Å². The van der Waals surface area contributed by atoms with E-state index >= 15 is 0 Å². The first kappa shape index (κ1) is 17.5. The van der Waals surface area contributed by atoms with Gasteiger partial charge in [0, 0.05) is 19.7 Å². The molecule has 0 unspecified atom stereocenters. The predicted molar refractivity (Wildman–Crippen MR) is 85.8 cm³/mol. The fourth-order valence-electron chi connectivity index (χ4n) is 3.38. The van der Waals surface area contributed by atoms with E-state index in [0.717, 1.165) is 0 Å². The van der Waals surface area contributed by atoms with E-state index in [1.807, 2.05) is 0 Å². The highest BCUT2D eigenvalue weighted by molar-refractivity contribution is 7.89. The number of benzene rings is 1. The van der Waals surface area contributed by atoms with Gasteiger partial charge in [0.1, 0.15) is 11.2 Å². The van der Waals surface area contributed by atoms with Crippen molar-refractivity contribution in [3.63, 3.8) is 0 Å². The van der Waals surface area contributed by atoms with Gasteiger partial charge in [-0.05, 0) is 30.5 Å². The van der Waals surface area contributed by atoms with Crippen LogP contribution >= 0.6 is 11.6 Å². The lowest BCUT2D eigenvalue weighted by Crippen LogP contribution is -2.46. The lowest BCUT2D eigenvalue weighted by atomic mass is 9.76. The SMILES string of the molecule is COc1ccc(S(=O)(=O)N2C[C@@H]3CCOC[C@]3(C(=O)O)C2)cc1Cl. The molecule has 0 aromatic heterocycles. The lowest BCUT2D eigenvalue weighted by molar-refractivity contribution is -0.159. The monoisotopic (exact) mass is 375 g/mol. The molecule has 0 bridgehead atoms. The number of halogens is 1. The molecule has 3 rings (SSSR count). The fourth-order valence-corrected chi connectivity index (χ4v) is 5.29. The number of aliphatic carboxylic acids is 1. The minimum absolute atomic E-state index is 0.0217. The van der Waals surface area contributed by atoms with Crippen LogP contribution in [-0.4, -0.2) is 57.2 Å². The molecule has 9 heteroatoms. The Labute approximate surface area is 145 Å². The molecule has 0 aliphatic carbocycles. The third-order valence-electron chi connectivity index (χ3n) is 4.82. The van der Waals surface area contributed by atoms with Crippen molar-refractivity contribution in [2.45, 2.75) is 11.3 Å². The molecule has 2 aliphatic heterocycles. The summed E-state index contributed by atoms with van der Waals surface area (Å²) in [7, 11) is -2.40. The molecule has 2 saturated heterocycles. The van der Waals surface area contributed by atoms with Crippen molar-refractivity contribution in [1.29, 1.82) is 0 Å². The van der Waals surface area contributed by atoms with Crippen LogP contribution in [0.5, 0.6) is 5.75 Å². The first-order valence-electron chi connectivity index (χ1n) is 7.46. The Bertz CT molecular complexity index is 767. The van der Waals surface area contributed by atoms with Crippen LogP contribution in [0.15, 0.2) is 23.1 Å². The van der Waals surface area contributed by atoms with E-state index in [1.54, 1.807) is 0 Å². The minimum Gasteiger partial charge on any atom is -0.495 e. The van der Waals surface area contributed by atoms with Gasteiger partial charge < -0.3 is 14.6 Å². The summed E-state index contributed by atoms with van der Waals surface area (Å²) in [6.45, 7) is 0.547. The maximum atomic E-state index is 12.9. The molecule has 0 radical (unpaired) electrons. The molecule has 7 nitrogen and oxygen atoms in total. The molecule has 24 heavy (non-hydrogen) atoms. The number of ether oxygens (including phenoxy) is 2. The third-order valence-corrected chi connectivity index (χ3v) is 6.92. The smallest absolute Gasteiger partial charge is 0.313 e. The van der Waals surface area contributed by atoms with Crippen LogP contribution in [0.3, 0.4) is 0 Å². The highest BCUT2D eigenvalue weighted by Gasteiger charge is 2.56. The molecular weight excluding hydrogens is 358 g/mol. The van der Waals surface area contributed by atoms with E-state index in [0.29, 0.717) is 18.8 Å². The Hall–Kier alpha value is -1.35. The zero-order chi connectivity index (χ0) is 17.5. The molecule has 2 fully saturated rings. The number of carbonyl (C=O) groups is 1. The van der Waals surface area contributed by atoms with E-state index in [4.69, 9.17) is 21.1 Å². The number of nitrogens with zero attached hydrogens (tertiary/aromatic N) is 1. The van der Waals surface area contributed by atoms with Gasteiger partial charge >= 0.3 is 5.97 Å². The summed E-state index contributed by atoms with van der Waals surface area (Å²) in [5, 5.41) is 9.81. The summed E-state index contributed by atoms with van der Waals surface area (Å²) in [6.07, 6.45) is 0.529. The normalized spacial score (nSPS) is 27.7. The van der Waals surface area contributed by atoms with E-state index in [9.17, 15) is 18.3 Å². The summed E-state index contributed by atoms with van der Waals surface area (Å²) in [5.41, 5.74) is -1.18. The quantitative estimate of drug-likeness (QED) is 0.856. The van der Waals surface area contributed by atoms with Gasteiger partial charge in [0.25, 0.3) is 0 Å². The second-order valence-corrected chi connectivity index (χ2v) is 8.44. The van der Waals surface area contributed by atoms with Crippen LogP contribution in [-0.2, 0) is 19.6 Å². The van der Waals surface area contributed by atoms with Crippen LogP contribution in [0.25, 0.3) is 0 Å². The number of fused-ring (bicyclic) bond motifs is 1. The summed E-state index contributed by atoms with van der Waals surface area (Å²) in [4.78, 5) is 11.8. The van der Waals surface area contributed by atoms with Crippen molar-refractivity contribution < 1.29 is 27.8 Å². The van der Waals surface area contributed by atoms with E-state index in [2.05, 4.69) is 0 Å². The average molecular weight is 376 g/mol. The second kappa shape index (κ2) is 6.18. The molecule has 0 spiro atoms. The van der Waals surface area contributed by atoms with Crippen LogP contribution in [0.1, 0.15) is 6.42 Å². The fraction of sp³-hybridized carbons (Fsp3) is 0.533. The summed E-state index contributed by atoms with van der Waals surface area (Å²) >= 11 is 6.02. The number of hydrogen-bond donors (Lipinski definition) is 1. The molecule has 1 aromatic carbocycles. The number of methoxy groups -OCH3 is 1. The molecule has 0 saturated carbocycles. The van der Waals surface area contributed by atoms with Gasteiger partial charge in [0.05, 0.1) is 23.6 Å². The minimum atomic E-state index is -3.84. The van der Waals surface area contributed by atoms with Gasteiger partial charge in [-0.2, -0.15) is 4.31 Å². The number of sulfonamides is 1. The zero-order valence-corrected chi connectivity index (χ0v) is 14.6. The van der Waals surface area contributed by atoms with E-state index < -0.39 is 21.4 Å². The van der Waals surface area contributed by atoms with Crippen molar-refractivity contribution in [3.8, 4) is 5.75 Å². The number of carboxylic acid groups (broad SMARTS) is 1. The van der Waals surface area contributed by atoms with Gasteiger partial charge in [0.2, 0.25) is 10.0 Å². The number of rotatable bonds is 4. The second-order valence-electron chi connectivity index (χ2n) is 6.09. The van der Waals surface area contributed by atoms with Gasteiger partial charge in [-0.15, -0.1) is 0 Å². The maximum Gasteiger partial charge on any atom is 0.313 e. The largest absolute Gasteiger partial charge is 0.495 e. The van der Waals surface area contributed by atoms with Crippen LogP contribution in [0, 0.1) is 11.3 Å². The Balaban J connectivity index is 1.94. The Morgan fingerprint density at radius 2 is 2.25 bits per heavy atom. The van der Waals surface area contributed by atoms with Crippen molar-refractivity contribution in [2.75, 3.05) is 33.4 Å². The first-order chi connectivity index (χ1) is 11.3. The highest BCUT2D eigenvalue weighted by Crippen LogP contribution is 2.43. The Morgan fingerprint density at radius 1 is 1.50 bits per heavy atom. The molecule has 1 aromatic rings. The molecule has 132 valence electrons. The lowest BCUT2D eigenvalue weighted by Gasteiger charge is -2.34. The average Bonchev–Trinajstić information content (AvgIpc) is 2.96. The van der Waals surface area contributed by atoms with Crippen molar-refractivity contribution >= 4 is 27.6 Å². The highest BCUT2D eigenvalue weighted by atomic mass is 35.5. The van der Waals surface area contributed by atoms with Crippen LogP contribution < -0.4 is 4.74 Å². The van der Waals surface area contributed by atoms with Crippen LogP contribution in [0.4, 0.5) is 0 Å². The van der Waals surface area contributed by atoms with E-state index in [1.165, 1.54) is 29.6 Å². The Morgan fingerprint density at radius 3 is 2.83 bits per heavy atom. The van der Waals surface area contributed by atoms with E-state index in [-0.39, 0.29) is 35.5 Å². The van der Waals surface area contributed by atoms with Gasteiger partial charge in [-0.3, -0.25) is 4.79 Å². The van der Waals surface area contributed by atoms with Gasteiger partial charge in [-0.1, -0.05) is 11.6 Å². The summed E-state index contributed by atoms with van der Waals surface area (Å²) in [6, 6.07) is 4.21. The summed E-state index contributed by atoms with van der Waals surface area (Å²) < 4.78 is 37.3. The van der Waals surface area contributed by atoms with Crippen LogP contribution in [0.2, 0.25) is 5.02 Å². The Kier molecular flexibility index (Phi) is 4.50. The number of carboxylic acids is 1. The molecule has 2 heterocycles. The number of hydrogen-bond acceptors (Lipinski definition) is 5. The molecular formula is C15H18ClNO6S. The predicted octanol–water partition coefficient (Wildman–Crippen LogP) is 1.46. The third kappa shape index (κ3) is 2.67. The van der Waals surface area contributed by atoms with Gasteiger partial charge in [0.15, 0.2) is 0 Å². The summed E-state index contributed by atoms with van der Waals surface area (Å²) in [5.74, 6) is -0.897. The zero-order valence-electron chi connectivity index (χ0n) is 13.1. The molecule has 2 atom stereocenters. The standard InChI is InChI=1S/C15H18ClNO6S/c1-22-13-3-2-11(6-12(13)16)24(20,21)17-7-10-4-5-23-9-15(10,8-17)14(18)19/h2-3,6,10H,4-5,7-9H2,1H3,(H,18,19)/t10-,15+/m0/s1. The van der Waals surface area contributed by atoms with Gasteiger partial charge in [-0.25, -0.2) is 8.42 Å². The molecule has 1 N–H and O–H groups in total. The molecule has 0 amide bonds. The first-order valence-corrected chi connectivity index (χ1v) is 9.28. The topological polar surface area (TPSA) is 93.1 Å².